The molecule has 2 rings (SSSR count). The van der Waals surface area contributed by atoms with Gasteiger partial charge in [0.2, 0.25) is 0 Å². The molecule has 0 aliphatic rings. The summed E-state index contributed by atoms with van der Waals surface area (Å²) in [4.78, 5) is 7.54. The molecule has 1 aromatic carbocycles. The van der Waals surface area contributed by atoms with Crippen molar-refractivity contribution in [2.24, 2.45) is 11.7 Å². The summed E-state index contributed by atoms with van der Waals surface area (Å²) in [6.07, 6.45) is 2.73. The molecular formula is C14H17BrFN3. The lowest BCUT2D eigenvalue weighted by Crippen LogP contribution is -2.19. The van der Waals surface area contributed by atoms with E-state index in [1.54, 1.807) is 18.3 Å². The van der Waals surface area contributed by atoms with Crippen LogP contribution in [0, 0.1) is 11.7 Å². The van der Waals surface area contributed by atoms with Crippen LogP contribution in [0.1, 0.15) is 32.1 Å². The van der Waals surface area contributed by atoms with E-state index >= 15 is 0 Å². The van der Waals surface area contributed by atoms with Crippen molar-refractivity contribution in [3.8, 4) is 11.3 Å². The van der Waals surface area contributed by atoms with Crippen molar-refractivity contribution in [3.05, 3.63) is 40.5 Å². The summed E-state index contributed by atoms with van der Waals surface area (Å²) in [5.41, 5.74) is 7.85. The van der Waals surface area contributed by atoms with Crippen LogP contribution in [-0.4, -0.2) is 9.97 Å². The largest absolute Gasteiger partial charge is 0.341 e. The van der Waals surface area contributed by atoms with Gasteiger partial charge < -0.3 is 10.7 Å². The maximum absolute atomic E-state index is 13.2. The normalized spacial score (nSPS) is 14.4. The zero-order chi connectivity index (χ0) is 14.0. The van der Waals surface area contributed by atoms with Gasteiger partial charge in [-0.15, -0.1) is 0 Å². The Balaban J connectivity index is 2.27. The molecule has 5 heteroatoms. The lowest BCUT2D eigenvalue weighted by molar-refractivity contribution is 0.441. The average Bonchev–Trinajstić information content (AvgIpc) is 2.89. The Kier molecular flexibility index (Phi) is 4.37. The van der Waals surface area contributed by atoms with E-state index in [1.807, 2.05) is 0 Å². The van der Waals surface area contributed by atoms with Crippen LogP contribution >= 0.6 is 15.9 Å². The highest BCUT2D eigenvalue weighted by atomic mass is 79.9. The molecule has 1 aromatic heterocycles. The molecule has 0 aliphatic carbocycles. The molecule has 2 aromatic rings. The second-order valence-corrected chi connectivity index (χ2v) is 5.58. The molecule has 3 N–H and O–H groups in total. The second-order valence-electron chi connectivity index (χ2n) is 4.72. The van der Waals surface area contributed by atoms with Gasteiger partial charge in [0.05, 0.1) is 22.4 Å². The summed E-state index contributed by atoms with van der Waals surface area (Å²) in [6.45, 7) is 4.20. The van der Waals surface area contributed by atoms with Gasteiger partial charge in [0.15, 0.2) is 0 Å². The Morgan fingerprint density at radius 3 is 2.84 bits per heavy atom. The number of aromatic nitrogens is 2. The predicted molar refractivity (Wildman–Crippen MR) is 78.1 cm³/mol. The topological polar surface area (TPSA) is 54.7 Å². The maximum atomic E-state index is 13.2. The minimum Gasteiger partial charge on any atom is -0.341 e. The van der Waals surface area contributed by atoms with Crippen LogP contribution in [0.3, 0.4) is 0 Å². The summed E-state index contributed by atoms with van der Waals surface area (Å²) in [6, 6.07) is 4.75. The second kappa shape index (κ2) is 5.84. The lowest BCUT2D eigenvalue weighted by atomic mass is 10.00. The number of nitrogens with one attached hydrogen (secondary N) is 1. The Morgan fingerprint density at radius 1 is 1.47 bits per heavy atom. The van der Waals surface area contributed by atoms with Gasteiger partial charge in [-0.2, -0.15) is 0 Å². The summed E-state index contributed by atoms with van der Waals surface area (Å²) in [7, 11) is 0. The molecule has 3 nitrogen and oxygen atoms in total. The smallest absolute Gasteiger partial charge is 0.137 e. The molecule has 2 unspecified atom stereocenters. The van der Waals surface area contributed by atoms with Crippen molar-refractivity contribution in [2.45, 2.75) is 26.3 Å². The molecule has 0 fully saturated rings. The molecule has 0 aliphatic heterocycles. The Hall–Kier alpha value is -1.20. The van der Waals surface area contributed by atoms with Crippen LogP contribution < -0.4 is 5.73 Å². The average molecular weight is 326 g/mol. The van der Waals surface area contributed by atoms with Crippen molar-refractivity contribution >= 4 is 15.9 Å². The van der Waals surface area contributed by atoms with E-state index in [0.717, 1.165) is 23.5 Å². The fourth-order valence-electron chi connectivity index (χ4n) is 1.84. The van der Waals surface area contributed by atoms with Gasteiger partial charge in [0.25, 0.3) is 0 Å². The number of imidazole rings is 1. The maximum Gasteiger partial charge on any atom is 0.137 e. The summed E-state index contributed by atoms with van der Waals surface area (Å²) < 4.78 is 13.6. The number of hydrogen-bond donors (Lipinski definition) is 2. The highest BCUT2D eigenvalue weighted by Crippen LogP contribution is 2.26. The van der Waals surface area contributed by atoms with Crippen molar-refractivity contribution in [3.63, 3.8) is 0 Å². The third-order valence-electron chi connectivity index (χ3n) is 3.40. The minimum absolute atomic E-state index is 0.109. The first-order valence-electron chi connectivity index (χ1n) is 6.28. The molecule has 19 heavy (non-hydrogen) atoms. The van der Waals surface area contributed by atoms with Crippen LogP contribution in [0.5, 0.6) is 0 Å². The molecule has 0 saturated heterocycles. The van der Waals surface area contributed by atoms with Crippen molar-refractivity contribution in [1.29, 1.82) is 0 Å². The molecule has 1 heterocycles. The number of aromatic amines is 1. The number of halogens is 2. The van der Waals surface area contributed by atoms with E-state index in [-0.39, 0.29) is 11.9 Å². The van der Waals surface area contributed by atoms with Crippen LogP contribution in [0.2, 0.25) is 0 Å². The molecule has 0 spiro atoms. The van der Waals surface area contributed by atoms with Gasteiger partial charge in [-0.1, -0.05) is 20.3 Å². The number of nitrogens with zero attached hydrogens (tertiary/aromatic N) is 1. The molecule has 0 radical (unpaired) electrons. The number of rotatable bonds is 4. The van der Waals surface area contributed by atoms with Gasteiger partial charge in [0, 0.05) is 5.56 Å². The molecular weight excluding hydrogens is 309 g/mol. The van der Waals surface area contributed by atoms with E-state index in [0.29, 0.717) is 10.4 Å². The fraction of sp³-hybridized carbons (Fsp3) is 0.357. The van der Waals surface area contributed by atoms with Gasteiger partial charge >= 0.3 is 0 Å². The standard InChI is InChI=1S/C14H17BrFN3/c1-3-8(2)13(17)14-18-7-12(19-14)9-4-5-11(16)10(15)6-9/h4-8,13H,3,17H2,1-2H3,(H,18,19). The van der Waals surface area contributed by atoms with E-state index in [1.165, 1.54) is 6.07 Å². The number of nitrogens with two attached hydrogens (primary N) is 1. The SMILES string of the molecule is CCC(C)C(N)c1ncc(-c2ccc(F)c(Br)c2)[nH]1. The highest BCUT2D eigenvalue weighted by Gasteiger charge is 2.16. The van der Waals surface area contributed by atoms with Crippen molar-refractivity contribution in [1.82, 2.24) is 9.97 Å². The summed E-state index contributed by atoms with van der Waals surface area (Å²) in [5.74, 6) is 0.851. The number of benzene rings is 1. The van der Waals surface area contributed by atoms with Crippen LogP contribution in [0.15, 0.2) is 28.9 Å². The predicted octanol–water partition coefficient (Wildman–Crippen LogP) is 4.02. The first-order chi connectivity index (χ1) is 9.02. The zero-order valence-corrected chi connectivity index (χ0v) is 12.5. The van der Waals surface area contributed by atoms with E-state index in [2.05, 4.69) is 39.7 Å². The minimum atomic E-state index is -0.278. The van der Waals surface area contributed by atoms with Crippen molar-refractivity contribution in [2.75, 3.05) is 0 Å². The van der Waals surface area contributed by atoms with Gasteiger partial charge in [-0.05, 0) is 40.0 Å². The Labute approximate surface area is 120 Å². The summed E-state index contributed by atoms with van der Waals surface area (Å²) >= 11 is 3.18. The first-order valence-corrected chi connectivity index (χ1v) is 7.08. The van der Waals surface area contributed by atoms with Crippen LogP contribution in [0.25, 0.3) is 11.3 Å². The van der Waals surface area contributed by atoms with Gasteiger partial charge in [0.1, 0.15) is 11.6 Å². The third kappa shape index (κ3) is 3.04. The summed E-state index contributed by atoms with van der Waals surface area (Å²) in [5, 5.41) is 0. The number of hydrogen-bond acceptors (Lipinski definition) is 2. The quantitative estimate of drug-likeness (QED) is 0.891. The Bertz CT molecular complexity index is 568. The molecule has 2 atom stereocenters. The highest BCUT2D eigenvalue weighted by molar-refractivity contribution is 9.10. The molecule has 0 bridgehead atoms. The molecule has 0 saturated carbocycles. The van der Waals surface area contributed by atoms with E-state index in [9.17, 15) is 4.39 Å². The van der Waals surface area contributed by atoms with Crippen LogP contribution in [-0.2, 0) is 0 Å². The van der Waals surface area contributed by atoms with E-state index in [4.69, 9.17) is 5.73 Å². The lowest BCUT2D eigenvalue weighted by Gasteiger charge is -2.15. The molecule has 102 valence electrons. The van der Waals surface area contributed by atoms with Crippen LogP contribution in [0.4, 0.5) is 4.39 Å². The first kappa shape index (κ1) is 14.2. The van der Waals surface area contributed by atoms with Gasteiger partial charge in [-0.25, -0.2) is 9.37 Å². The molecule has 0 amide bonds. The Morgan fingerprint density at radius 2 is 2.21 bits per heavy atom. The van der Waals surface area contributed by atoms with E-state index < -0.39 is 0 Å². The monoisotopic (exact) mass is 325 g/mol. The number of H-pyrrole nitrogens is 1. The zero-order valence-electron chi connectivity index (χ0n) is 11.0. The van der Waals surface area contributed by atoms with Gasteiger partial charge in [-0.3, -0.25) is 0 Å². The fourth-order valence-corrected chi connectivity index (χ4v) is 2.22. The third-order valence-corrected chi connectivity index (χ3v) is 4.01. The van der Waals surface area contributed by atoms with Crippen molar-refractivity contribution < 1.29 is 4.39 Å².